The number of fused-ring (bicyclic) bond motifs is 1. The molecule has 0 aliphatic heterocycles. The third-order valence-corrected chi connectivity index (χ3v) is 3.71. The lowest BCUT2D eigenvalue weighted by atomic mass is 10.2. The molecule has 0 saturated heterocycles. The first-order chi connectivity index (χ1) is 10.1. The smallest absolute Gasteiger partial charge is 0.276 e. The molecule has 0 spiro atoms. The van der Waals surface area contributed by atoms with Gasteiger partial charge in [-0.05, 0) is 18.2 Å². The van der Waals surface area contributed by atoms with E-state index in [-0.39, 0.29) is 16.5 Å². The van der Waals surface area contributed by atoms with Crippen molar-refractivity contribution in [1.29, 1.82) is 0 Å². The van der Waals surface area contributed by atoms with E-state index in [4.69, 9.17) is 28.9 Å². The van der Waals surface area contributed by atoms with Gasteiger partial charge in [0.2, 0.25) is 0 Å². The summed E-state index contributed by atoms with van der Waals surface area (Å²) in [6.07, 6.45) is 0. The molecule has 1 aromatic carbocycles. The van der Waals surface area contributed by atoms with E-state index in [2.05, 4.69) is 24.3 Å². The monoisotopic (exact) mass is 340 g/mol. The number of carbonyl (C=O) groups excluding carboxylic acids is 1. The highest BCUT2D eigenvalue weighted by Crippen LogP contribution is 2.35. The summed E-state index contributed by atoms with van der Waals surface area (Å²) >= 11 is 13.1. The number of nitrogens with zero attached hydrogens (tertiary/aromatic N) is 4. The van der Waals surface area contributed by atoms with Crippen LogP contribution in [0.2, 0.25) is 10.0 Å². The number of halogens is 2. The molecule has 7 nitrogen and oxygen atoms in total. The van der Waals surface area contributed by atoms with Gasteiger partial charge in [0, 0.05) is 0 Å². The minimum absolute atomic E-state index is 0.103. The minimum atomic E-state index is -0.485. The molecular formula is C11H6Cl2N6OS. The first-order valence-electron chi connectivity index (χ1n) is 5.57. The molecule has 0 fully saturated rings. The Morgan fingerprint density at radius 1 is 1.14 bits per heavy atom. The number of anilines is 2. The Kier molecular flexibility index (Phi) is 3.58. The summed E-state index contributed by atoms with van der Waals surface area (Å²) in [5.41, 5.74) is 6.76. The maximum atomic E-state index is 12.1. The molecular weight excluding hydrogens is 335 g/mol. The zero-order chi connectivity index (χ0) is 15.0. The van der Waals surface area contributed by atoms with E-state index in [9.17, 15) is 4.79 Å². The Bertz CT molecular complexity index is 835. The quantitative estimate of drug-likeness (QED) is 0.742. The van der Waals surface area contributed by atoms with Crippen LogP contribution in [0.25, 0.3) is 11.0 Å². The maximum absolute atomic E-state index is 12.1. The van der Waals surface area contributed by atoms with Gasteiger partial charge in [0.05, 0.1) is 27.5 Å². The second kappa shape index (κ2) is 5.40. The molecule has 3 N–H and O–H groups in total. The zero-order valence-electron chi connectivity index (χ0n) is 10.2. The minimum Gasteiger partial charge on any atom is -0.382 e. The van der Waals surface area contributed by atoms with Gasteiger partial charge in [-0.25, -0.2) is 0 Å². The van der Waals surface area contributed by atoms with Gasteiger partial charge in [-0.3, -0.25) is 4.79 Å². The van der Waals surface area contributed by atoms with Gasteiger partial charge in [-0.1, -0.05) is 23.2 Å². The average molecular weight is 341 g/mol. The number of nitrogens with one attached hydrogen (secondary N) is 1. The van der Waals surface area contributed by atoms with Crippen molar-refractivity contribution in [1.82, 2.24) is 18.9 Å². The molecule has 0 aliphatic carbocycles. The Morgan fingerprint density at radius 3 is 2.62 bits per heavy atom. The molecule has 0 unspecified atom stereocenters. The van der Waals surface area contributed by atoms with Crippen LogP contribution in [0, 0.1) is 0 Å². The highest BCUT2D eigenvalue weighted by Gasteiger charge is 2.17. The lowest BCUT2D eigenvalue weighted by Gasteiger charge is -2.07. The predicted octanol–water partition coefficient (Wildman–Crippen LogP) is 2.62. The van der Waals surface area contributed by atoms with Gasteiger partial charge in [0.15, 0.2) is 5.69 Å². The summed E-state index contributed by atoms with van der Waals surface area (Å²) in [4.78, 5) is 12.1. The fourth-order valence-electron chi connectivity index (χ4n) is 1.63. The average Bonchev–Trinajstić information content (AvgIpc) is 2.93. The molecule has 0 atom stereocenters. The lowest BCUT2D eigenvalue weighted by Crippen LogP contribution is -2.15. The van der Waals surface area contributed by atoms with Crippen molar-refractivity contribution < 1.29 is 4.79 Å². The Labute approximate surface area is 132 Å². The van der Waals surface area contributed by atoms with Crippen molar-refractivity contribution >= 4 is 63.4 Å². The number of nitrogens with two attached hydrogens (primary N) is 1. The predicted molar refractivity (Wildman–Crippen MR) is 81.8 cm³/mol. The molecule has 2 heterocycles. The number of carbonyl (C=O) groups is 1. The standard InChI is InChI=1S/C11H6Cl2N6OS/c12-4-3-5(13)9-10(19-21-18-9)8(4)15-11(20)6-1-2-7(14)17-16-6/h1-3H,(H2,14,17)(H,15,20). The number of hydrogen-bond donors (Lipinski definition) is 2. The van der Waals surface area contributed by atoms with Gasteiger partial charge < -0.3 is 11.1 Å². The third kappa shape index (κ3) is 2.60. The normalized spacial score (nSPS) is 10.8. The number of nitrogen functional groups attached to an aromatic ring is 1. The van der Waals surface area contributed by atoms with Crippen molar-refractivity contribution in [3.8, 4) is 0 Å². The first kappa shape index (κ1) is 13.9. The number of hydrogen-bond acceptors (Lipinski definition) is 7. The summed E-state index contributed by atoms with van der Waals surface area (Å²) in [7, 11) is 0. The van der Waals surface area contributed by atoms with Crippen LogP contribution in [0.15, 0.2) is 18.2 Å². The van der Waals surface area contributed by atoms with Crippen LogP contribution in [0.1, 0.15) is 10.5 Å². The Balaban J connectivity index is 2.00. The zero-order valence-corrected chi connectivity index (χ0v) is 12.5. The van der Waals surface area contributed by atoms with E-state index >= 15 is 0 Å². The number of amides is 1. The van der Waals surface area contributed by atoms with Gasteiger partial charge in [-0.15, -0.1) is 10.2 Å². The summed E-state index contributed by atoms with van der Waals surface area (Å²) in [5.74, 6) is -0.261. The molecule has 0 bridgehead atoms. The summed E-state index contributed by atoms with van der Waals surface area (Å²) in [5, 5.41) is 10.6. The summed E-state index contributed by atoms with van der Waals surface area (Å²) < 4.78 is 8.15. The van der Waals surface area contributed by atoms with Crippen LogP contribution in [0.4, 0.5) is 11.5 Å². The summed E-state index contributed by atoms with van der Waals surface area (Å²) in [6, 6.07) is 4.43. The maximum Gasteiger partial charge on any atom is 0.276 e. The Hall–Kier alpha value is -2.03. The fourth-order valence-corrected chi connectivity index (χ4v) is 2.79. The number of aromatic nitrogens is 4. The summed E-state index contributed by atoms with van der Waals surface area (Å²) in [6.45, 7) is 0. The van der Waals surface area contributed by atoms with E-state index < -0.39 is 5.91 Å². The third-order valence-electron chi connectivity index (χ3n) is 2.60. The molecule has 1 amide bonds. The SMILES string of the molecule is Nc1ccc(C(=O)Nc2c(Cl)cc(Cl)c3nsnc23)nn1. The lowest BCUT2D eigenvalue weighted by molar-refractivity contribution is 0.102. The molecule has 3 rings (SSSR count). The van der Waals surface area contributed by atoms with E-state index in [0.29, 0.717) is 21.7 Å². The number of rotatable bonds is 2. The van der Waals surface area contributed by atoms with Crippen molar-refractivity contribution in [3.63, 3.8) is 0 Å². The van der Waals surface area contributed by atoms with Crippen molar-refractivity contribution in [2.24, 2.45) is 0 Å². The van der Waals surface area contributed by atoms with Gasteiger partial charge in [0.1, 0.15) is 16.9 Å². The van der Waals surface area contributed by atoms with E-state index in [0.717, 1.165) is 11.7 Å². The van der Waals surface area contributed by atoms with E-state index in [1.54, 1.807) is 0 Å². The molecule has 0 saturated carbocycles. The molecule has 21 heavy (non-hydrogen) atoms. The van der Waals surface area contributed by atoms with Gasteiger partial charge in [-0.2, -0.15) is 8.75 Å². The van der Waals surface area contributed by atoms with Crippen LogP contribution < -0.4 is 11.1 Å². The number of benzene rings is 1. The van der Waals surface area contributed by atoms with Crippen LogP contribution in [0.5, 0.6) is 0 Å². The fraction of sp³-hybridized carbons (Fsp3) is 0. The van der Waals surface area contributed by atoms with Gasteiger partial charge >= 0.3 is 0 Å². The molecule has 10 heteroatoms. The van der Waals surface area contributed by atoms with Crippen molar-refractivity contribution in [2.75, 3.05) is 11.1 Å². The molecule has 3 aromatic rings. The van der Waals surface area contributed by atoms with Crippen LogP contribution >= 0.6 is 34.9 Å². The van der Waals surface area contributed by atoms with Crippen LogP contribution in [-0.2, 0) is 0 Å². The largest absolute Gasteiger partial charge is 0.382 e. The first-order valence-corrected chi connectivity index (χ1v) is 7.05. The molecule has 106 valence electrons. The van der Waals surface area contributed by atoms with E-state index in [1.807, 2.05) is 0 Å². The molecule has 2 aromatic heterocycles. The molecule has 0 aliphatic rings. The van der Waals surface area contributed by atoms with Crippen LogP contribution in [-0.4, -0.2) is 24.9 Å². The van der Waals surface area contributed by atoms with Gasteiger partial charge in [0.25, 0.3) is 5.91 Å². The topological polar surface area (TPSA) is 107 Å². The molecule has 0 radical (unpaired) electrons. The van der Waals surface area contributed by atoms with E-state index in [1.165, 1.54) is 18.2 Å². The highest BCUT2D eigenvalue weighted by atomic mass is 35.5. The second-order valence-corrected chi connectivity index (χ2v) is 5.32. The highest BCUT2D eigenvalue weighted by molar-refractivity contribution is 7.00. The van der Waals surface area contributed by atoms with Crippen molar-refractivity contribution in [3.05, 3.63) is 33.9 Å². The van der Waals surface area contributed by atoms with Crippen molar-refractivity contribution in [2.45, 2.75) is 0 Å². The van der Waals surface area contributed by atoms with Crippen LogP contribution in [0.3, 0.4) is 0 Å². The second-order valence-electron chi connectivity index (χ2n) is 3.97. The Morgan fingerprint density at radius 2 is 1.90 bits per heavy atom.